The lowest BCUT2D eigenvalue weighted by Crippen LogP contribution is -2.16. The first-order chi connectivity index (χ1) is 9.47. The number of carbonyl (C=O) groups excluding carboxylic acids is 1. The summed E-state index contributed by atoms with van der Waals surface area (Å²) in [4.78, 5) is 11.7. The molecule has 0 unspecified atom stereocenters. The van der Waals surface area contributed by atoms with Crippen molar-refractivity contribution in [2.75, 3.05) is 5.32 Å². The Morgan fingerprint density at radius 3 is 2.30 bits per heavy atom. The summed E-state index contributed by atoms with van der Waals surface area (Å²) in [6.45, 7) is 0. The normalized spacial score (nSPS) is 10.4. The van der Waals surface area contributed by atoms with Gasteiger partial charge in [-0.15, -0.1) is 0 Å². The van der Waals surface area contributed by atoms with Crippen molar-refractivity contribution in [1.82, 2.24) is 0 Å². The quantitative estimate of drug-likeness (QED) is 0.837. The molecular formula is C14H9BrF3NO. The zero-order valence-corrected chi connectivity index (χ0v) is 11.7. The molecule has 0 aromatic heterocycles. The molecule has 20 heavy (non-hydrogen) atoms. The molecule has 0 aliphatic carbocycles. The number of amides is 1. The van der Waals surface area contributed by atoms with Crippen molar-refractivity contribution in [3.05, 3.63) is 63.9 Å². The van der Waals surface area contributed by atoms with Crippen molar-refractivity contribution in [1.29, 1.82) is 0 Å². The van der Waals surface area contributed by atoms with E-state index in [4.69, 9.17) is 0 Å². The standard InChI is InChI=1S/C14H9BrF3NO/c15-9-3-1-8(2-4-9)7-12(20)19-11-6-5-10(16)13(17)14(11)18/h1-6H,7H2,(H,19,20). The second kappa shape index (κ2) is 6.09. The zero-order chi connectivity index (χ0) is 14.7. The van der Waals surface area contributed by atoms with Gasteiger partial charge in [0, 0.05) is 4.47 Å². The smallest absolute Gasteiger partial charge is 0.228 e. The third-order valence-electron chi connectivity index (χ3n) is 2.59. The van der Waals surface area contributed by atoms with Crippen LogP contribution in [0.3, 0.4) is 0 Å². The molecule has 2 aromatic carbocycles. The van der Waals surface area contributed by atoms with E-state index in [1.165, 1.54) is 0 Å². The van der Waals surface area contributed by atoms with Crippen LogP contribution in [0.15, 0.2) is 40.9 Å². The monoisotopic (exact) mass is 343 g/mol. The van der Waals surface area contributed by atoms with Crippen LogP contribution in [0, 0.1) is 17.5 Å². The highest BCUT2D eigenvalue weighted by molar-refractivity contribution is 9.10. The molecule has 0 spiro atoms. The van der Waals surface area contributed by atoms with Gasteiger partial charge in [-0.25, -0.2) is 13.2 Å². The SMILES string of the molecule is O=C(Cc1ccc(Br)cc1)Nc1ccc(F)c(F)c1F. The van der Waals surface area contributed by atoms with Crippen LogP contribution >= 0.6 is 15.9 Å². The molecule has 0 saturated carbocycles. The van der Waals surface area contributed by atoms with Crippen molar-refractivity contribution in [2.24, 2.45) is 0 Å². The van der Waals surface area contributed by atoms with E-state index in [0.29, 0.717) is 5.56 Å². The van der Waals surface area contributed by atoms with E-state index in [1.54, 1.807) is 24.3 Å². The van der Waals surface area contributed by atoms with Gasteiger partial charge in [0.1, 0.15) is 0 Å². The third kappa shape index (κ3) is 3.39. The van der Waals surface area contributed by atoms with Crippen molar-refractivity contribution in [3.63, 3.8) is 0 Å². The fourth-order valence-corrected chi connectivity index (χ4v) is 1.87. The summed E-state index contributed by atoms with van der Waals surface area (Å²) in [7, 11) is 0. The topological polar surface area (TPSA) is 29.1 Å². The minimum atomic E-state index is -1.61. The summed E-state index contributed by atoms with van der Waals surface area (Å²) < 4.78 is 40.0. The Bertz CT molecular complexity index is 644. The van der Waals surface area contributed by atoms with Crippen LogP contribution in [0.25, 0.3) is 0 Å². The van der Waals surface area contributed by atoms with E-state index in [0.717, 1.165) is 16.6 Å². The van der Waals surface area contributed by atoms with Crippen LogP contribution in [0.2, 0.25) is 0 Å². The Morgan fingerprint density at radius 2 is 1.65 bits per heavy atom. The molecule has 1 amide bonds. The highest BCUT2D eigenvalue weighted by Crippen LogP contribution is 2.20. The van der Waals surface area contributed by atoms with E-state index in [1.807, 2.05) is 0 Å². The van der Waals surface area contributed by atoms with Gasteiger partial charge in [-0.1, -0.05) is 28.1 Å². The van der Waals surface area contributed by atoms with Crippen molar-refractivity contribution in [3.8, 4) is 0 Å². The Balaban J connectivity index is 2.08. The van der Waals surface area contributed by atoms with Gasteiger partial charge >= 0.3 is 0 Å². The molecule has 0 radical (unpaired) electrons. The lowest BCUT2D eigenvalue weighted by molar-refractivity contribution is -0.115. The molecule has 0 heterocycles. The number of halogens is 4. The molecule has 1 N–H and O–H groups in total. The lowest BCUT2D eigenvalue weighted by atomic mass is 10.1. The molecule has 0 atom stereocenters. The number of rotatable bonds is 3. The average molecular weight is 344 g/mol. The first-order valence-electron chi connectivity index (χ1n) is 5.65. The maximum atomic E-state index is 13.4. The predicted octanol–water partition coefficient (Wildman–Crippen LogP) is 4.05. The zero-order valence-electron chi connectivity index (χ0n) is 10.1. The Hall–Kier alpha value is -1.82. The summed E-state index contributed by atoms with van der Waals surface area (Å²) >= 11 is 3.26. The molecule has 0 aliphatic rings. The van der Waals surface area contributed by atoms with Crippen LogP contribution in [0.4, 0.5) is 18.9 Å². The summed E-state index contributed by atoms with van der Waals surface area (Å²) in [6, 6.07) is 8.72. The minimum Gasteiger partial charge on any atom is -0.323 e. The Kier molecular flexibility index (Phi) is 4.44. The maximum Gasteiger partial charge on any atom is 0.228 e. The molecule has 2 rings (SSSR count). The van der Waals surface area contributed by atoms with Crippen molar-refractivity contribution >= 4 is 27.5 Å². The van der Waals surface area contributed by atoms with E-state index in [9.17, 15) is 18.0 Å². The molecule has 0 bridgehead atoms. The predicted molar refractivity (Wildman–Crippen MR) is 72.8 cm³/mol. The number of anilines is 1. The fraction of sp³-hybridized carbons (Fsp3) is 0.0714. The highest BCUT2D eigenvalue weighted by Gasteiger charge is 2.15. The van der Waals surface area contributed by atoms with Crippen molar-refractivity contribution < 1.29 is 18.0 Å². The lowest BCUT2D eigenvalue weighted by Gasteiger charge is -2.07. The van der Waals surface area contributed by atoms with Gasteiger partial charge in [0.25, 0.3) is 0 Å². The Morgan fingerprint density at radius 1 is 1.00 bits per heavy atom. The van der Waals surface area contributed by atoms with E-state index < -0.39 is 23.4 Å². The highest BCUT2D eigenvalue weighted by atomic mass is 79.9. The minimum absolute atomic E-state index is 0.00567. The summed E-state index contributed by atoms with van der Waals surface area (Å²) in [6.07, 6.45) is 0.00567. The Labute approximate surface area is 121 Å². The van der Waals surface area contributed by atoms with E-state index >= 15 is 0 Å². The van der Waals surface area contributed by atoms with Gasteiger partial charge < -0.3 is 5.32 Å². The van der Waals surface area contributed by atoms with Gasteiger partial charge in [0.05, 0.1) is 12.1 Å². The van der Waals surface area contributed by atoms with Gasteiger partial charge in [-0.05, 0) is 29.8 Å². The molecular weight excluding hydrogens is 335 g/mol. The van der Waals surface area contributed by atoms with Crippen LogP contribution in [-0.2, 0) is 11.2 Å². The van der Waals surface area contributed by atoms with E-state index in [2.05, 4.69) is 21.2 Å². The molecule has 2 aromatic rings. The van der Waals surface area contributed by atoms with Gasteiger partial charge in [-0.3, -0.25) is 4.79 Å². The van der Waals surface area contributed by atoms with Crippen molar-refractivity contribution in [2.45, 2.75) is 6.42 Å². The van der Waals surface area contributed by atoms with Crippen LogP contribution < -0.4 is 5.32 Å². The number of hydrogen-bond acceptors (Lipinski definition) is 1. The number of carbonyl (C=O) groups is 1. The second-order valence-electron chi connectivity index (χ2n) is 4.07. The molecule has 0 aliphatic heterocycles. The van der Waals surface area contributed by atoms with Gasteiger partial charge in [-0.2, -0.15) is 0 Å². The third-order valence-corrected chi connectivity index (χ3v) is 3.12. The number of nitrogens with one attached hydrogen (secondary N) is 1. The molecule has 0 fully saturated rings. The number of benzene rings is 2. The van der Waals surface area contributed by atoms with Crippen LogP contribution in [0.1, 0.15) is 5.56 Å². The fourth-order valence-electron chi connectivity index (χ4n) is 1.60. The first-order valence-corrected chi connectivity index (χ1v) is 6.44. The summed E-state index contributed by atoms with van der Waals surface area (Å²) in [5, 5.41) is 2.21. The van der Waals surface area contributed by atoms with E-state index in [-0.39, 0.29) is 12.1 Å². The average Bonchev–Trinajstić information content (AvgIpc) is 2.42. The molecule has 2 nitrogen and oxygen atoms in total. The number of hydrogen-bond donors (Lipinski definition) is 1. The maximum absolute atomic E-state index is 13.4. The van der Waals surface area contributed by atoms with Crippen LogP contribution in [0.5, 0.6) is 0 Å². The largest absolute Gasteiger partial charge is 0.323 e. The molecule has 6 heteroatoms. The first kappa shape index (κ1) is 14.6. The van der Waals surface area contributed by atoms with Gasteiger partial charge in [0.15, 0.2) is 17.5 Å². The summed E-state index contributed by atoms with van der Waals surface area (Å²) in [5.41, 5.74) is 0.333. The molecule has 104 valence electrons. The second-order valence-corrected chi connectivity index (χ2v) is 4.99. The molecule has 0 saturated heterocycles. The van der Waals surface area contributed by atoms with Gasteiger partial charge in [0.2, 0.25) is 5.91 Å². The summed E-state index contributed by atoms with van der Waals surface area (Å²) in [5.74, 6) is -4.83. The van der Waals surface area contributed by atoms with Crippen LogP contribution in [-0.4, -0.2) is 5.91 Å².